The third-order valence-electron chi connectivity index (χ3n) is 3.07. The van der Waals surface area contributed by atoms with Crippen LogP contribution >= 0.6 is 11.6 Å². The summed E-state index contributed by atoms with van der Waals surface area (Å²) in [6, 6.07) is 0. The summed E-state index contributed by atoms with van der Waals surface area (Å²) in [5.41, 5.74) is 1.78. The Hall–Kier alpha value is -0.580. The van der Waals surface area contributed by atoms with Gasteiger partial charge in [0.25, 0.3) is 0 Å². The first-order chi connectivity index (χ1) is 8.51. The molecule has 1 rings (SSSR count). The lowest BCUT2D eigenvalue weighted by molar-refractivity contribution is -0.0363. The van der Waals surface area contributed by atoms with Crippen molar-refractivity contribution >= 4 is 11.6 Å². The summed E-state index contributed by atoms with van der Waals surface area (Å²) in [4.78, 5) is 0. The van der Waals surface area contributed by atoms with E-state index in [-0.39, 0.29) is 6.10 Å². The van der Waals surface area contributed by atoms with Crippen LogP contribution in [0.4, 0.5) is 0 Å². The summed E-state index contributed by atoms with van der Waals surface area (Å²) in [5, 5.41) is 15.1. The lowest BCUT2D eigenvalue weighted by Gasteiger charge is -2.22. The van der Waals surface area contributed by atoms with E-state index in [0.717, 1.165) is 24.1 Å². The van der Waals surface area contributed by atoms with Gasteiger partial charge in [-0.2, -0.15) is 5.10 Å². The molecule has 5 heteroatoms. The molecule has 0 aliphatic carbocycles. The van der Waals surface area contributed by atoms with Crippen LogP contribution in [0.1, 0.15) is 37.9 Å². The van der Waals surface area contributed by atoms with Gasteiger partial charge in [-0.15, -0.1) is 0 Å². The number of nitrogens with zero attached hydrogens (tertiary/aromatic N) is 2. The van der Waals surface area contributed by atoms with Gasteiger partial charge in [0, 0.05) is 25.6 Å². The Morgan fingerprint density at radius 2 is 2.11 bits per heavy atom. The van der Waals surface area contributed by atoms with Crippen LogP contribution in [-0.4, -0.2) is 33.7 Å². The molecule has 0 amide bonds. The molecule has 0 saturated carbocycles. The van der Waals surface area contributed by atoms with Crippen LogP contribution in [0, 0.1) is 6.92 Å². The summed E-state index contributed by atoms with van der Waals surface area (Å²) < 4.78 is 7.22. The highest BCUT2D eigenvalue weighted by atomic mass is 35.5. The van der Waals surface area contributed by atoms with Crippen molar-refractivity contribution in [2.45, 2.75) is 52.2 Å². The summed E-state index contributed by atoms with van der Waals surface area (Å²) in [6.07, 6.45) is 1.66. The summed E-state index contributed by atoms with van der Waals surface area (Å²) in [7, 11) is 1.80. The number of rotatable bonds is 7. The molecule has 0 fully saturated rings. The molecular formula is C13H23ClN2O2. The maximum atomic E-state index is 10.3. The highest BCUT2D eigenvalue weighted by Gasteiger charge is 2.22. The smallest absolute Gasteiger partial charge is 0.130 e. The van der Waals surface area contributed by atoms with Crippen LogP contribution in [0.15, 0.2) is 0 Å². The molecule has 1 aromatic rings. The standard InChI is InChI=1S/C13H23ClN2O2/c1-5-7-12(18-6-2)11(17)8-10-9(3)15-16(4)13(10)14/h11-12,17H,5-8H2,1-4H3. The van der Waals surface area contributed by atoms with Gasteiger partial charge in [0.15, 0.2) is 0 Å². The third kappa shape index (κ3) is 3.70. The number of hydrogen-bond acceptors (Lipinski definition) is 3. The number of hydrogen-bond donors (Lipinski definition) is 1. The predicted octanol–water partition coefficient (Wildman–Crippen LogP) is 2.49. The van der Waals surface area contributed by atoms with Crippen molar-refractivity contribution in [1.82, 2.24) is 9.78 Å². The molecule has 0 bridgehead atoms. The molecule has 0 saturated heterocycles. The van der Waals surface area contributed by atoms with E-state index in [1.165, 1.54) is 0 Å². The zero-order valence-electron chi connectivity index (χ0n) is 11.6. The fourth-order valence-electron chi connectivity index (χ4n) is 2.13. The van der Waals surface area contributed by atoms with Crippen LogP contribution in [0.3, 0.4) is 0 Å². The van der Waals surface area contributed by atoms with Crippen molar-refractivity contribution in [3.63, 3.8) is 0 Å². The topological polar surface area (TPSA) is 47.3 Å². The molecular weight excluding hydrogens is 252 g/mol. The molecule has 104 valence electrons. The van der Waals surface area contributed by atoms with E-state index in [1.807, 2.05) is 13.8 Å². The number of aryl methyl sites for hydroxylation is 2. The first-order valence-electron chi connectivity index (χ1n) is 6.48. The average Bonchev–Trinajstić information content (AvgIpc) is 2.55. The Kier molecular flexibility index (Phi) is 6.12. The number of ether oxygens (including phenoxy) is 1. The zero-order chi connectivity index (χ0) is 13.7. The minimum Gasteiger partial charge on any atom is -0.390 e. The van der Waals surface area contributed by atoms with E-state index in [9.17, 15) is 5.11 Å². The number of aliphatic hydroxyl groups is 1. The van der Waals surface area contributed by atoms with Crippen LogP contribution in [0.2, 0.25) is 5.15 Å². The molecule has 4 nitrogen and oxygen atoms in total. The molecule has 0 radical (unpaired) electrons. The molecule has 0 aliphatic heterocycles. The van der Waals surface area contributed by atoms with Crippen molar-refractivity contribution < 1.29 is 9.84 Å². The highest BCUT2D eigenvalue weighted by Crippen LogP contribution is 2.22. The van der Waals surface area contributed by atoms with Crippen LogP contribution < -0.4 is 0 Å². The van der Waals surface area contributed by atoms with Crippen molar-refractivity contribution in [3.8, 4) is 0 Å². The van der Waals surface area contributed by atoms with Gasteiger partial charge in [0.05, 0.1) is 17.9 Å². The Labute approximate surface area is 114 Å². The van der Waals surface area contributed by atoms with Gasteiger partial charge in [-0.3, -0.25) is 4.68 Å². The molecule has 2 atom stereocenters. The fraction of sp³-hybridized carbons (Fsp3) is 0.769. The minimum atomic E-state index is -0.537. The van der Waals surface area contributed by atoms with Crippen LogP contribution in [-0.2, 0) is 18.2 Å². The van der Waals surface area contributed by atoms with Gasteiger partial charge >= 0.3 is 0 Å². The van der Waals surface area contributed by atoms with E-state index in [4.69, 9.17) is 16.3 Å². The van der Waals surface area contributed by atoms with E-state index in [0.29, 0.717) is 18.2 Å². The van der Waals surface area contributed by atoms with E-state index < -0.39 is 6.10 Å². The largest absolute Gasteiger partial charge is 0.390 e. The SMILES string of the molecule is CCCC(OCC)C(O)Cc1c(C)nn(C)c1Cl. The van der Waals surface area contributed by atoms with Crippen LogP contribution in [0.25, 0.3) is 0 Å². The monoisotopic (exact) mass is 274 g/mol. The normalized spacial score (nSPS) is 14.8. The van der Waals surface area contributed by atoms with E-state index in [1.54, 1.807) is 11.7 Å². The first-order valence-corrected chi connectivity index (χ1v) is 6.86. The fourth-order valence-corrected chi connectivity index (χ4v) is 2.38. The lowest BCUT2D eigenvalue weighted by Crippen LogP contribution is -2.31. The van der Waals surface area contributed by atoms with Gasteiger partial charge in [0.2, 0.25) is 0 Å². The molecule has 0 aliphatic rings. The quantitative estimate of drug-likeness (QED) is 0.831. The van der Waals surface area contributed by atoms with Gasteiger partial charge in [-0.25, -0.2) is 0 Å². The first kappa shape index (κ1) is 15.5. The van der Waals surface area contributed by atoms with Gasteiger partial charge in [-0.1, -0.05) is 24.9 Å². The van der Waals surface area contributed by atoms with Crippen molar-refractivity contribution in [2.24, 2.45) is 7.05 Å². The molecule has 18 heavy (non-hydrogen) atoms. The van der Waals surface area contributed by atoms with E-state index >= 15 is 0 Å². The number of aromatic nitrogens is 2. The zero-order valence-corrected chi connectivity index (χ0v) is 12.4. The third-order valence-corrected chi connectivity index (χ3v) is 3.54. The van der Waals surface area contributed by atoms with Crippen molar-refractivity contribution in [3.05, 3.63) is 16.4 Å². The lowest BCUT2D eigenvalue weighted by atomic mass is 10.0. The Morgan fingerprint density at radius 1 is 1.44 bits per heavy atom. The summed E-state index contributed by atoms with van der Waals surface area (Å²) in [5.74, 6) is 0. The second-order valence-electron chi connectivity index (χ2n) is 4.53. The molecule has 0 aromatic carbocycles. The highest BCUT2D eigenvalue weighted by molar-refractivity contribution is 6.30. The minimum absolute atomic E-state index is 0.129. The van der Waals surface area contributed by atoms with Crippen LogP contribution in [0.5, 0.6) is 0 Å². The van der Waals surface area contributed by atoms with Crippen molar-refractivity contribution in [1.29, 1.82) is 0 Å². The Bertz CT molecular complexity index is 373. The van der Waals surface area contributed by atoms with Gasteiger partial charge < -0.3 is 9.84 Å². The molecule has 1 N–H and O–H groups in total. The Balaban J connectivity index is 2.75. The maximum Gasteiger partial charge on any atom is 0.130 e. The second-order valence-corrected chi connectivity index (χ2v) is 4.89. The average molecular weight is 275 g/mol. The van der Waals surface area contributed by atoms with Crippen molar-refractivity contribution in [2.75, 3.05) is 6.61 Å². The molecule has 0 spiro atoms. The molecule has 1 aromatic heterocycles. The molecule has 1 heterocycles. The summed E-state index contributed by atoms with van der Waals surface area (Å²) in [6.45, 7) is 6.55. The maximum absolute atomic E-state index is 10.3. The van der Waals surface area contributed by atoms with E-state index in [2.05, 4.69) is 12.0 Å². The second kappa shape index (κ2) is 7.12. The predicted molar refractivity (Wildman–Crippen MR) is 73.0 cm³/mol. The Morgan fingerprint density at radius 3 is 2.56 bits per heavy atom. The van der Waals surface area contributed by atoms with Gasteiger partial charge in [-0.05, 0) is 20.3 Å². The molecule has 2 unspecified atom stereocenters. The summed E-state index contributed by atoms with van der Waals surface area (Å²) >= 11 is 6.17. The number of aliphatic hydroxyl groups excluding tert-OH is 1. The van der Waals surface area contributed by atoms with Gasteiger partial charge in [0.1, 0.15) is 5.15 Å². The number of halogens is 1.